The molecule has 0 saturated heterocycles. The zero-order valence-corrected chi connectivity index (χ0v) is 14.8. The molecule has 3 rings (SSSR count). The molecule has 25 heavy (non-hydrogen) atoms. The Balaban J connectivity index is 1.70. The van der Waals surface area contributed by atoms with Crippen LogP contribution < -0.4 is 10.6 Å². The number of nitrogens with zero attached hydrogens (tertiary/aromatic N) is 2. The molecule has 0 amide bonds. The smallest absolute Gasteiger partial charge is 0.191 e. The average molecular weight is 332 g/mol. The van der Waals surface area contributed by atoms with Crippen LogP contribution in [0.25, 0.3) is 10.9 Å². The number of aliphatic imine (C=N–C) groups is 1. The third-order valence-corrected chi connectivity index (χ3v) is 4.05. The van der Waals surface area contributed by atoms with Crippen molar-refractivity contribution in [1.82, 2.24) is 15.6 Å². The van der Waals surface area contributed by atoms with Crippen molar-refractivity contribution in [2.24, 2.45) is 4.99 Å². The molecule has 4 heteroatoms. The number of hydrogen-bond donors (Lipinski definition) is 2. The van der Waals surface area contributed by atoms with Crippen LogP contribution >= 0.6 is 0 Å². The molecule has 0 unspecified atom stereocenters. The molecular weight excluding hydrogens is 308 g/mol. The van der Waals surface area contributed by atoms with Gasteiger partial charge in [-0.2, -0.15) is 0 Å². The summed E-state index contributed by atoms with van der Waals surface area (Å²) in [5.74, 6) is 0.816. The molecule has 0 atom stereocenters. The van der Waals surface area contributed by atoms with Gasteiger partial charge < -0.3 is 10.6 Å². The number of aromatic nitrogens is 1. The Bertz CT molecular complexity index is 848. The van der Waals surface area contributed by atoms with Crippen LogP contribution in [-0.2, 0) is 13.1 Å². The van der Waals surface area contributed by atoms with Crippen LogP contribution in [-0.4, -0.2) is 17.5 Å². The van der Waals surface area contributed by atoms with Gasteiger partial charge in [-0.3, -0.25) is 4.98 Å². The predicted molar refractivity (Wildman–Crippen MR) is 105 cm³/mol. The SMILES string of the molecule is CCNC(=NCc1ccc(C)cc1)NCc1cccc2cccnc12. The van der Waals surface area contributed by atoms with E-state index in [1.165, 1.54) is 16.7 Å². The first-order valence-electron chi connectivity index (χ1n) is 8.66. The average Bonchev–Trinajstić information content (AvgIpc) is 2.65. The van der Waals surface area contributed by atoms with Crippen LogP contribution in [0.15, 0.2) is 65.8 Å². The molecule has 0 fully saturated rings. The fraction of sp³-hybridized carbons (Fsp3) is 0.238. The van der Waals surface area contributed by atoms with E-state index in [9.17, 15) is 0 Å². The highest BCUT2D eigenvalue weighted by atomic mass is 15.2. The topological polar surface area (TPSA) is 49.3 Å². The van der Waals surface area contributed by atoms with Gasteiger partial charge in [0.15, 0.2) is 5.96 Å². The van der Waals surface area contributed by atoms with Gasteiger partial charge >= 0.3 is 0 Å². The van der Waals surface area contributed by atoms with Crippen molar-refractivity contribution in [3.63, 3.8) is 0 Å². The summed E-state index contributed by atoms with van der Waals surface area (Å²) in [4.78, 5) is 9.19. The number of benzene rings is 2. The fourth-order valence-electron chi connectivity index (χ4n) is 2.69. The van der Waals surface area contributed by atoms with E-state index in [-0.39, 0.29) is 0 Å². The van der Waals surface area contributed by atoms with Crippen molar-refractivity contribution >= 4 is 16.9 Å². The number of fused-ring (bicyclic) bond motifs is 1. The van der Waals surface area contributed by atoms with E-state index in [0.717, 1.165) is 23.4 Å². The van der Waals surface area contributed by atoms with Gasteiger partial charge in [-0.25, -0.2) is 4.99 Å². The van der Waals surface area contributed by atoms with E-state index >= 15 is 0 Å². The maximum atomic E-state index is 4.68. The van der Waals surface area contributed by atoms with E-state index in [0.29, 0.717) is 13.1 Å². The lowest BCUT2D eigenvalue weighted by Crippen LogP contribution is -2.36. The molecule has 3 aromatic rings. The molecule has 0 aliphatic heterocycles. The second-order valence-electron chi connectivity index (χ2n) is 6.03. The van der Waals surface area contributed by atoms with E-state index in [1.807, 2.05) is 12.3 Å². The van der Waals surface area contributed by atoms with Crippen molar-refractivity contribution < 1.29 is 0 Å². The summed E-state index contributed by atoms with van der Waals surface area (Å²) >= 11 is 0. The molecule has 0 spiro atoms. The lowest BCUT2D eigenvalue weighted by Gasteiger charge is -2.12. The van der Waals surface area contributed by atoms with Gasteiger partial charge in [-0.05, 0) is 31.0 Å². The van der Waals surface area contributed by atoms with Crippen LogP contribution in [0.3, 0.4) is 0 Å². The number of pyridine rings is 1. The van der Waals surface area contributed by atoms with Gasteiger partial charge in [0.25, 0.3) is 0 Å². The van der Waals surface area contributed by atoms with Crippen molar-refractivity contribution in [2.45, 2.75) is 26.9 Å². The lowest BCUT2D eigenvalue weighted by atomic mass is 10.1. The van der Waals surface area contributed by atoms with E-state index in [1.54, 1.807) is 0 Å². The van der Waals surface area contributed by atoms with E-state index in [4.69, 9.17) is 0 Å². The number of aryl methyl sites for hydroxylation is 1. The van der Waals surface area contributed by atoms with Gasteiger partial charge in [0.2, 0.25) is 0 Å². The highest BCUT2D eigenvalue weighted by Crippen LogP contribution is 2.15. The fourth-order valence-corrected chi connectivity index (χ4v) is 2.69. The van der Waals surface area contributed by atoms with Crippen molar-refractivity contribution in [1.29, 1.82) is 0 Å². The Hall–Kier alpha value is -2.88. The van der Waals surface area contributed by atoms with Crippen molar-refractivity contribution in [3.8, 4) is 0 Å². The number of hydrogen-bond acceptors (Lipinski definition) is 2. The molecule has 4 nitrogen and oxygen atoms in total. The molecule has 1 aromatic heterocycles. The van der Waals surface area contributed by atoms with Gasteiger partial charge in [-0.15, -0.1) is 0 Å². The van der Waals surface area contributed by atoms with Crippen LogP contribution in [0.5, 0.6) is 0 Å². The molecule has 0 aliphatic carbocycles. The number of rotatable bonds is 5. The summed E-state index contributed by atoms with van der Waals surface area (Å²) in [6.07, 6.45) is 1.84. The molecule has 1 heterocycles. The molecule has 128 valence electrons. The minimum Gasteiger partial charge on any atom is -0.357 e. The third-order valence-electron chi connectivity index (χ3n) is 4.05. The summed E-state index contributed by atoms with van der Waals surface area (Å²) in [5.41, 5.74) is 4.67. The Labute approximate surface area is 149 Å². The van der Waals surface area contributed by atoms with Crippen molar-refractivity contribution in [3.05, 3.63) is 77.5 Å². The lowest BCUT2D eigenvalue weighted by molar-refractivity contribution is 0.818. The number of guanidine groups is 1. The van der Waals surface area contributed by atoms with Gasteiger partial charge in [0, 0.05) is 24.7 Å². The molecule has 0 radical (unpaired) electrons. The Kier molecular flexibility index (Phi) is 5.62. The summed E-state index contributed by atoms with van der Waals surface area (Å²) in [5, 5.41) is 7.87. The van der Waals surface area contributed by atoms with Crippen LogP contribution in [0, 0.1) is 6.92 Å². The van der Waals surface area contributed by atoms with Crippen molar-refractivity contribution in [2.75, 3.05) is 6.54 Å². The Morgan fingerprint density at radius 2 is 1.80 bits per heavy atom. The standard InChI is InChI=1S/C21H24N4/c1-3-22-21(24-14-17-11-9-16(2)10-12-17)25-15-19-7-4-6-18-8-5-13-23-20(18)19/h4-13H,3,14-15H2,1-2H3,(H2,22,24,25). The quantitative estimate of drug-likeness (QED) is 0.552. The summed E-state index contributed by atoms with van der Waals surface area (Å²) < 4.78 is 0. The first kappa shape index (κ1) is 17.0. The molecule has 0 aliphatic rings. The molecule has 2 aromatic carbocycles. The first-order valence-corrected chi connectivity index (χ1v) is 8.66. The van der Waals surface area contributed by atoms with Gasteiger partial charge in [-0.1, -0.05) is 54.1 Å². The maximum absolute atomic E-state index is 4.68. The van der Waals surface area contributed by atoms with Gasteiger partial charge in [0.1, 0.15) is 0 Å². The highest BCUT2D eigenvalue weighted by molar-refractivity contribution is 5.83. The molecule has 2 N–H and O–H groups in total. The number of para-hydroxylation sites is 1. The Morgan fingerprint density at radius 3 is 2.60 bits per heavy atom. The van der Waals surface area contributed by atoms with E-state index < -0.39 is 0 Å². The van der Waals surface area contributed by atoms with Crippen LogP contribution in [0.2, 0.25) is 0 Å². The normalized spacial score (nSPS) is 11.5. The Morgan fingerprint density at radius 1 is 1.00 bits per heavy atom. The van der Waals surface area contributed by atoms with E-state index in [2.05, 4.69) is 83.0 Å². The first-order chi connectivity index (χ1) is 12.3. The second kappa shape index (κ2) is 8.29. The van der Waals surface area contributed by atoms with Gasteiger partial charge in [0.05, 0.1) is 12.1 Å². The van der Waals surface area contributed by atoms with Crippen LogP contribution in [0.1, 0.15) is 23.6 Å². The zero-order valence-electron chi connectivity index (χ0n) is 14.8. The number of nitrogens with one attached hydrogen (secondary N) is 2. The second-order valence-corrected chi connectivity index (χ2v) is 6.03. The van der Waals surface area contributed by atoms with Crippen LogP contribution in [0.4, 0.5) is 0 Å². The molecule has 0 bridgehead atoms. The highest BCUT2D eigenvalue weighted by Gasteiger charge is 2.03. The minimum atomic E-state index is 0.656. The maximum Gasteiger partial charge on any atom is 0.191 e. The zero-order chi connectivity index (χ0) is 17.5. The third kappa shape index (κ3) is 4.57. The largest absolute Gasteiger partial charge is 0.357 e. The summed E-state index contributed by atoms with van der Waals surface area (Å²) in [6, 6.07) is 18.8. The summed E-state index contributed by atoms with van der Waals surface area (Å²) in [7, 11) is 0. The molecular formula is C21H24N4. The predicted octanol–water partition coefficient (Wildman–Crippen LogP) is 3.80. The minimum absolute atomic E-state index is 0.656. The summed E-state index contributed by atoms with van der Waals surface area (Å²) in [6.45, 7) is 6.34. The molecule has 0 saturated carbocycles. The monoisotopic (exact) mass is 332 g/mol.